The van der Waals surface area contributed by atoms with Crippen LogP contribution in [0.1, 0.15) is 17.8 Å². The minimum absolute atomic E-state index is 0.00253. The smallest absolute Gasteiger partial charge is 0.261 e. The van der Waals surface area contributed by atoms with Crippen molar-refractivity contribution in [1.29, 1.82) is 0 Å². The highest BCUT2D eigenvalue weighted by Crippen LogP contribution is 2.28. The van der Waals surface area contributed by atoms with Gasteiger partial charge in [0, 0.05) is 30.3 Å². The molecule has 5 rings (SSSR count). The van der Waals surface area contributed by atoms with Crippen molar-refractivity contribution in [2.75, 3.05) is 31.2 Å². The van der Waals surface area contributed by atoms with Crippen LogP contribution in [0.3, 0.4) is 0 Å². The number of hydrogen-bond acceptors (Lipinski definition) is 4. The van der Waals surface area contributed by atoms with Gasteiger partial charge in [-0.2, -0.15) is 0 Å². The topological polar surface area (TPSA) is 47.4 Å². The summed E-state index contributed by atoms with van der Waals surface area (Å²) in [5, 5.41) is 1.20. The molecule has 0 saturated carbocycles. The molecule has 2 aliphatic heterocycles. The number of morpholine rings is 1. The average molecular weight is 394 g/mol. The van der Waals surface area contributed by atoms with E-state index in [4.69, 9.17) is 21.3 Å². The van der Waals surface area contributed by atoms with Crippen LogP contribution in [0.2, 0.25) is 5.02 Å². The van der Waals surface area contributed by atoms with E-state index in [1.165, 1.54) is 5.69 Å². The van der Waals surface area contributed by atoms with Gasteiger partial charge in [-0.25, -0.2) is 4.98 Å². The summed E-state index contributed by atoms with van der Waals surface area (Å²) in [5.74, 6) is 0.747. The maximum atomic E-state index is 12.8. The number of allylic oxidation sites excluding steroid dienone is 1. The Kier molecular flexibility index (Phi) is 4.41. The summed E-state index contributed by atoms with van der Waals surface area (Å²) in [4.78, 5) is 19.9. The van der Waals surface area contributed by atoms with Gasteiger partial charge in [-0.3, -0.25) is 9.36 Å². The van der Waals surface area contributed by atoms with Crippen molar-refractivity contribution in [2.24, 2.45) is 0 Å². The monoisotopic (exact) mass is 393 g/mol. The first kappa shape index (κ1) is 17.5. The highest BCUT2D eigenvalue weighted by atomic mass is 35.5. The second-order valence-corrected chi connectivity index (χ2v) is 7.60. The van der Waals surface area contributed by atoms with Crippen LogP contribution in [0.5, 0.6) is 0 Å². The lowest BCUT2D eigenvalue weighted by Gasteiger charge is -2.28. The molecule has 6 heteroatoms. The number of nitrogens with zero attached hydrogens (tertiary/aromatic N) is 3. The first-order chi connectivity index (χ1) is 13.7. The quantitative estimate of drug-likeness (QED) is 0.663. The molecule has 0 N–H and O–H groups in total. The van der Waals surface area contributed by atoms with E-state index in [1.807, 2.05) is 0 Å². The fourth-order valence-corrected chi connectivity index (χ4v) is 4.10. The third kappa shape index (κ3) is 3.11. The standard InChI is InChI=1S/C22H20ClN3O2/c23-17-3-6-19-20(14-17)24-21-16(7-8-26(21)22(19)27)13-15-1-4-18(5-2-15)25-9-11-28-12-10-25/h1-6,13-14H,7-12H2. The first-order valence-electron chi connectivity index (χ1n) is 9.53. The van der Waals surface area contributed by atoms with Crippen molar-refractivity contribution >= 4 is 39.8 Å². The molecular formula is C22H20ClN3O2. The van der Waals surface area contributed by atoms with E-state index >= 15 is 0 Å². The third-order valence-corrected chi connectivity index (χ3v) is 5.65. The molecule has 0 unspecified atom stereocenters. The third-order valence-electron chi connectivity index (χ3n) is 5.42. The molecule has 0 aliphatic carbocycles. The highest BCUT2D eigenvalue weighted by Gasteiger charge is 2.21. The van der Waals surface area contributed by atoms with Crippen LogP contribution in [0.4, 0.5) is 5.69 Å². The van der Waals surface area contributed by atoms with E-state index in [0.717, 1.165) is 49.7 Å². The summed E-state index contributed by atoms with van der Waals surface area (Å²) < 4.78 is 7.19. The zero-order valence-electron chi connectivity index (χ0n) is 15.4. The molecule has 0 radical (unpaired) electrons. The number of ether oxygens (including phenoxy) is 1. The van der Waals surface area contributed by atoms with Gasteiger partial charge in [-0.05, 0) is 54.0 Å². The number of fused-ring (bicyclic) bond motifs is 2. The summed E-state index contributed by atoms with van der Waals surface area (Å²) in [6, 6.07) is 13.8. The second-order valence-electron chi connectivity index (χ2n) is 7.16. The molecule has 2 aliphatic rings. The van der Waals surface area contributed by atoms with Gasteiger partial charge >= 0.3 is 0 Å². The van der Waals surface area contributed by atoms with Gasteiger partial charge in [0.25, 0.3) is 5.56 Å². The van der Waals surface area contributed by atoms with E-state index in [9.17, 15) is 4.79 Å². The second kappa shape index (κ2) is 7.08. The summed E-state index contributed by atoms with van der Waals surface area (Å²) in [6.07, 6.45) is 2.93. The maximum Gasteiger partial charge on any atom is 0.261 e. The molecule has 1 aromatic heterocycles. The molecule has 142 valence electrons. The minimum Gasteiger partial charge on any atom is -0.378 e. The van der Waals surface area contributed by atoms with Crippen LogP contribution in [0, 0.1) is 0 Å². The van der Waals surface area contributed by atoms with E-state index in [-0.39, 0.29) is 5.56 Å². The molecule has 2 aromatic carbocycles. The highest BCUT2D eigenvalue weighted by molar-refractivity contribution is 6.31. The summed E-state index contributed by atoms with van der Waals surface area (Å²) in [6.45, 7) is 4.08. The Morgan fingerprint density at radius 1 is 1.04 bits per heavy atom. The number of rotatable bonds is 2. The predicted molar refractivity (Wildman–Crippen MR) is 113 cm³/mol. The Bertz CT molecular complexity index is 1130. The minimum atomic E-state index is 0.00253. The van der Waals surface area contributed by atoms with Gasteiger partial charge in [0.1, 0.15) is 5.82 Å². The molecule has 0 bridgehead atoms. The molecular weight excluding hydrogens is 374 g/mol. The van der Waals surface area contributed by atoms with Crippen LogP contribution in [0.15, 0.2) is 47.3 Å². The number of halogens is 1. The molecule has 0 spiro atoms. The Hall–Kier alpha value is -2.63. The largest absolute Gasteiger partial charge is 0.378 e. The van der Waals surface area contributed by atoms with Gasteiger partial charge in [-0.15, -0.1) is 0 Å². The lowest BCUT2D eigenvalue weighted by molar-refractivity contribution is 0.122. The zero-order chi connectivity index (χ0) is 19.1. The fourth-order valence-electron chi connectivity index (χ4n) is 3.93. The fraction of sp³-hybridized carbons (Fsp3) is 0.273. The first-order valence-corrected chi connectivity index (χ1v) is 9.91. The molecule has 1 saturated heterocycles. The zero-order valence-corrected chi connectivity index (χ0v) is 16.2. The van der Waals surface area contributed by atoms with E-state index in [0.29, 0.717) is 22.5 Å². The molecule has 0 amide bonds. The van der Waals surface area contributed by atoms with Gasteiger partial charge in [-0.1, -0.05) is 23.7 Å². The van der Waals surface area contributed by atoms with E-state index < -0.39 is 0 Å². The normalized spacial score (nSPS) is 18.0. The predicted octanol–water partition coefficient (Wildman–Crippen LogP) is 3.83. The Morgan fingerprint density at radius 3 is 2.61 bits per heavy atom. The van der Waals surface area contributed by atoms with Gasteiger partial charge in [0.05, 0.1) is 24.1 Å². The van der Waals surface area contributed by atoms with Crippen molar-refractivity contribution in [3.8, 4) is 0 Å². The van der Waals surface area contributed by atoms with Gasteiger partial charge in [0.15, 0.2) is 0 Å². The van der Waals surface area contributed by atoms with Crippen molar-refractivity contribution in [3.05, 3.63) is 69.2 Å². The van der Waals surface area contributed by atoms with Crippen molar-refractivity contribution < 1.29 is 4.74 Å². The van der Waals surface area contributed by atoms with Gasteiger partial charge < -0.3 is 9.64 Å². The van der Waals surface area contributed by atoms with Crippen LogP contribution in [-0.2, 0) is 11.3 Å². The number of anilines is 1. The lowest BCUT2D eigenvalue weighted by atomic mass is 10.1. The Labute approximate surface area is 167 Å². The van der Waals surface area contributed by atoms with E-state index in [1.54, 1.807) is 22.8 Å². The van der Waals surface area contributed by atoms with Crippen molar-refractivity contribution in [3.63, 3.8) is 0 Å². The van der Waals surface area contributed by atoms with Crippen molar-refractivity contribution in [1.82, 2.24) is 9.55 Å². The Balaban J connectivity index is 1.49. The molecule has 28 heavy (non-hydrogen) atoms. The van der Waals surface area contributed by atoms with Crippen LogP contribution >= 0.6 is 11.6 Å². The van der Waals surface area contributed by atoms with Crippen LogP contribution in [-0.4, -0.2) is 35.9 Å². The summed E-state index contributed by atoms with van der Waals surface area (Å²) in [7, 11) is 0. The molecule has 3 heterocycles. The number of hydrogen-bond donors (Lipinski definition) is 0. The van der Waals surface area contributed by atoms with Crippen molar-refractivity contribution in [2.45, 2.75) is 13.0 Å². The van der Waals surface area contributed by atoms with Gasteiger partial charge in [0.2, 0.25) is 0 Å². The molecule has 5 nitrogen and oxygen atoms in total. The average Bonchev–Trinajstić information content (AvgIpc) is 3.12. The number of aromatic nitrogens is 2. The SMILES string of the molecule is O=c1c2ccc(Cl)cc2nc2n1CCC2=Cc1ccc(N2CCOCC2)cc1. The lowest BCUT2D eigenvalue weighted by Crippen LogP contribution is -2.36. The summed E-state index contributed by atoms with van der Waals surface area (Å²) >= 11 is 6.09. The van der Waals surface area contributed by atoms with E-state index in [2.05, 4.69) is 35.2 Å². The molecule has 1 fully saturated rings. The molecule has 3 aromatic rings. The number of benzene rings is 2. The van der Waals surface area contributed by atoms with Crippen LogP contribution in [0.25, 0.3) is 22.6 Å². The summed E-state index contributed by atoms with van der Waals surface area (Å²) in [5.41, 5.74) is 4.06. The molecule has 0 atom stereocenters. The van der Waals surface area contributed by atoms with Crippen LogP contribution < -0.4 is 10.5 Å². The Morgan fingerprint density at radius 2 is 1.82 bits per heavy atom. The maximum absolute atomic E-state index is 12.8.